The van der Waals surface area contributed by atoms with Crippen LogP contribution in [0.15, 0.2) is 36.7 Å². The molecule has 2 aromatic rings. The van der Waals surface area contributed by atoms with Gasteiger partial charge in [-0.15, -0.1) is 0 Å². The van der Waals surface area contributed by atoms with Crippen LogP contribution in [0.4, 0.5) is 0 Å². The van der Waals surface area contributed by atoms with Gasteiger partial charge in [0.05, 0.1) is 6.54 Å². The molecule has 20 heavy (non-hydrogen) atoms. The molecule has 3 rings (SSSR count). The number of rotatable bonds is 5. The van der Waals surface area contributed by atoms with E-state index in [1.807, 2.05) is 29.1 Å². The van der Waals surface area contributed by atoms with Gasteiger partial charge >= 0.3 is 0 Å². The molecule has 1 aliphatic rings. The Morgan fingerprint density at radius 3 is 2.95 bits per heavy atom. The van der Waals surface area contributed by atoms with Crippen molar-refractivity contribution >= 4 is 0 Å². The van der Waals surface area contributed by atoms with Crippen molar-refractivity contribution in [1.82, 2.24) is 15.1 Å². The van der Waals surface area contributed by atoms with Gasteiger partial charge in [0.15, 0.2) is 11.5 Å². The Labute approximate surface area is 118 Å². The van der Waals surface area contributed by atoms with Crippen molar-refractivity contribution in [2.45, 2.75) is 26.1 Å². The quantitative estimate of drug-likeness (QED) is 0.903. The van der Waals surface area contributed by atoms with Crippen LogP contribution in [0.3, 0.4) is 0 Å². The third-order valence-electron chi connectivity index (χ3n) is 3.28. The third kappa shape index (κ3) is 3.11. The average molecular weight is 273 g/mol. The molecule has 2 heterocycles. The first-order chi connectivity index (χ1) is 9.81. The summed E-state index contributed by atoms with van der Waals surface area (Å²) in [5.41, 5.74) is 1.20. The van der Waals surface area contributed by atoms with Crippen molar-refractivity contribution in [1.29, 1.82) is 0 Å². The van der Waals surface area contributed by atoms with Crippen LogP contribution in [-0.2, 0) is 13.1 Å². The summed E-state index contributed by atoms with van der Waals surface area (Å²) in [5.74, 6) is 1.68. The lowest BCUT2D eigenvalue weighted by Gasteiger charge is -2.19. The molecule has 106 valence electrons. The first-order valence-electron chi connectivity index (χ1n) is 6.90. The molecule has 1 aromatic carbocycles. The van der Waals surface area contributed by atoms with Crippen LogP contribution >= 0.6 is 0 Å². The predicted octanol–water partition coefficient (Wildman–Crippen LogP) is 1.83. The van der Waals surface area contributed by atoms with Gasteiger partial charge in [0.25, 0.3) is 0 Å². The summed E-state index contributed by atoms with van der Waals surface area (Å²) in [6, 6.07) is 8.38. The highest BCUT2D eigenvalue weighted by molar-refractivity contribution is 5.43. The lowest BCUT2D eigenvalue weighted by Crippen LogP contribution is -2.30. The number of fused-ring (bicyclic) bond motifs is 1. The van der Waals surface area contributed by atoms with Crippen LogP contribution in [-0.4, -0.2) is 29.0 Å². The zero-order chi connectivity index (χ0) is 13.8. The van der Waals surface area contributed by atoms with Gasteiger partial charge < -0.3 is 14.8 Å². The zero-order valence-corrected chi connectivity index (χ0v) is 11.6. The Morgan fingerprint density at radius 1 is 1.30 bits per heavy atom. The molecule has 0 bridgehead atoms. The van der Waals surface area contributed by atoms with Crippen LogP contribution in [0.25, 0.3) is 0 Å². The first kappa shape index (κ1) is 13.0. The van der Waals surface area contributed by atoms with Gasteiger partial charge in [0, 0.05) is 25.0 Å². The summed E-state index contributed by atoms with van der Waals surface area (Å²) in [6.45, 7) is 5.07. The molecule has 1 N–H and O–H groups in total. The normalized spacial score (nSPS) is 15.1. The van der Waals surface area contributed by atoms with Gasteiger partial charge in [-0.05, 0) is 30.7 Å². The Kier molecular flexibility index (Phi) is 3.87. The van der Waals surface area contributed by atoms with E-state index in [4.69, 9.17) is 9.47 Å². The number of nitrogens with one attached hydrogen (secondary N) is 1. The molecule has 1 aromatic heterocycles. The van der Waals surface area contributed by atoms with Crippen molar-refractivity contribution in [3.63, 3.8) is 0 Å². The molecule has 1 atom stereocenters. The van der Waals surface area contributed by atoms with E-state index in [1.165, 1.54) is 5.56 Å². The lowest BCUT2D eigenvalue weighted by molar-refractivity contribution is 0.171. The van der Waals surface area contributed by atoms with Crippen LogP contribution < -0.4 is 14.8 Å². The minimum atomic E-state index is 0.350. The molecule has 1 aliphatic heterocycles. The van der Waals surface area contributed by atoms with E-state index >= 15 is 0 Å². The third-order valence-corrected chi connectivity index (χ3v) is 3.28. The summed E-state index contributed by atoms with van der Waals surface area (Å²) in [6.07, 6.45) is 3.77. The second-order valence-corrected chi connectivity index (χ2v) is 4.99. The number of hydrogen-bond donors (Lipinski definition) is 1. The Hall–Kier alpha value is -2.01. The Balaban J connectivity index is 1.55. The fraction of sp³-hybridized carbons (Fsp3) is 0.400. The summed E-state index contributed by atoms with van der Waals surface area (Å²) in [4.78, 5) is 0. The van der Waals surface area contributed by atoms with Gasteiger partial charge in [-0.2, -0.15) is 5.10 Å². The standard InChI is InChI=1S/C15H19N3O2/c1-12(11-18-6-2-5-17-18)16-10-13-3-4-14-15(9-13)20-8-7-19-14/h2-6,9,12,16H,7-8,10-11H2,1H3. The molecule has 1 unspecified atom stereocenters. The molecule has 0 aliphatic carbocycles. The monoisotopic (exact) mass is 273 g/mol. The number of benzene rings is 1. The van der Waals surface area contributed by atoms with Crippen molar-refractivity contribution in [2.75, 3.05) is 13.2 Å². The van der Waals surface area contributed by atoms with E-state index in [2.05, 4.69) is 23.4 Å². The maximum Gasteiger partial charge on any atom is 0.161 e. The molecule has 0 saturated heterocycles. The summed E-state index contributed by atoms with van der Waals surface area (Å²) in [5, 5.41) is 7.70. The van der Waals surface area contributed by atoms with E-state index in [0.29, 0.717) is 19.3 Å². The molecular weight excluding hydrogens is 254 g/mol. The van der Waals surface area contributed by atoms with Crippen LogP contribution in [0, 0.1) is 0 Å². The van der Waals surface area contributed by atoms with Crippen LogP contribution in [0.2, 0.25) is 0 Å². The van der Waals surface area contributed by atoms with Crippen molar-refractivity contribution < 1.29 is 9.47 Å². The Bertz CT molecular complexity index is 554. The van der Waals surface area contributed by atoms with E-state index in [1.54, 1.807) is 6.20 Å². The van der Waals surface area contributed by atoms with E-state index in [9.17, 15) is 0 Å². The highest BCUT2D eigenvalue weighted by Crippen LogP contribution is 2.30. The van der Waals surface area contributed by atoms with Gasteiger partial charge in [0.2, 0.25) is 0 Å². The molecule has 0 spiro atoms. The van der Waals surface area contributed by atoms with Crippen molar-refractivity contribution in [2.24, 2.45) is 0 Å². The topological polar surface area (TPSA) is 48.3 Å². The van der Waals surface area contributed by atoms with Crippen LogP contribution in [0.1, 0.15) is 12.5 Å². The minimum absolute atomic E-state index is 0.350. The molecule has 0 amide bonds. The highest BCUT2D eigenvalue weighted by atomic mass is 16.6. The lowest BCUT2D eigenvalue weighted by atomic mass is 10.2. The smallest absolute Gasteiger partial charge is 0.161 e. The molecule has 0 fully saturated rings. The second-order valence-electron chi connectivity index (χ2n) is 4.99. The van der Waals surface area contributed by atoms with Gasteiger partial charge in [-0.1, -0.05) is 6.07 Å². The summed E-state index contributed by atoms with van der Waals surface area (Å²) >= 11 is 0. The maximum absolute atomic E-state index is 5.59. The molecule has 5 nitrogen and oxygen atoms in total. The van der Waals surface area contributed by atoms with Gasteiger partial charge in [-0.25, -0.2) is 0 Å². The van der Waals surface area contributed by atoms with E-state index in [-0.39, 0.29) is 0 Å². The average Bonchev–Trinajstić information content (AvgIpc) is 2.98. The van der Waals surface area contributed by atoms with Crippen LogP contribution in [0.5, 0.6) is 11.5 Å². The summed E-state index contributed by atoms with van der Waals surface area (Å²) < 4.78 is 13.0. The second kappa shape index (κ2) is 5.96. The Morgan fingerprint density at radius 2 is 2.15 bits per heavy atom. The number of nitrogens with zero attached hydrogens (tertiary/aromatic N) is 2. The molecule has 5 heteroatoms. The zero-order valence-electron chi connectivity index (χ0n) is 11.6. The number of hydrogen-bond acceptors (Lipinski definition) is 4. The summed E-state index contributed by atoms with van der Waals surface area (Å²) in [7, 11) is 0. The highest BCUT2D eigenvalue weighted by Gasteiger charge is 2.12. The maximum atomic E-state index is 5.59. The SMILES string of the molecule is CC(Cn1cccn1)NCc1ccc2c(c1)OCCO2. The minimum Gasteiger partial charge on any atom is -0.486 e. The van der Waals surface area contributed by atoms with E-state index in [0.717, 1.165) is 24.6 Å². The predicted molar refractivity (Wildman–Crippen MR) is 76.0 cm³/mol. The van der Waals surface area contributed by atoms with Gasteiger partial charge in [-0.3, -0.25) is 4.68 Å². The van der Waals surface area contributed by atoms with E-state index < -0.39 is 0 Å². The number of aromatic nitrogens is 2. The molecular formula is C15H19N3O2. The molecule has 0 saturated carbocycles. The fourth-order valence-corrected chi connectivity index (χ4v) is 2.24. The van der Waals surface area contributed by atoms with Crippen molar-refractivity contribution in [3.05, 3.63) is 42.2 Å². The van der Waals surface area contributed by atoms with Crippen molar-refractivity contribution in [3.8, 4) is 11.5 Å². The van der Waals surface area contributed by atoms with Gasteiger partial charge in [0.1, 0.15) is 13.2 Å². The first-order valence-corrected chi connectivity index (χ1v) is 6.90. The number of ether oxygens (including phenoxy) is 2. The molecule has 0 radical (unpaired) electrons. The largest absolute Gasteiger partial charge is 0.486 e. The fourth-order valence-electron chi connectivity index (χ4n) is 2.24.